The highest BCUT2D eigenvalue weighted by molar-refractivity contribution is 4.56. The second-order valence-electron chi connectivity index (χ2n) is 7.81. The number of rotatable bonds is 6. The molecule has 2 aliphatic rings. The lowest BCUT2D eigenvalue weighted by molar-refractivity contribution is -0.958. The lowest BCUT2D eigenvalue weighted by Crippen LogP contribution is -2.55. The highest BCUT2D eigenvalue weighted by Crippen LogP contribution is 2.23. The van der Waals surface area contributed by atoms with E-state index in [-0.39, 0.29) is 6.23 Å². The van der Waals surface area contributed by atoms with Crippen LogP contribution >= 0.6 is 0 Å². The Morgan fingerprint density at radius 2 is 1.35 bits per heavy atom. The predicted molar refractivity (Wildman–Crippen MR) is 84.3 cm³/mol. The molecule has 0 saturated carbocycles. The van der Waals surface area contributed by atoms with Gasteiger partial charge < -0.3 is 14.1 Å². The number of hydrogen-bond donors (Lipinski definition) is 1. The number of hydrogen-bond acceptors (Lipinski definition) is 1. The van der Waals surface area contributed by atoms with Gasteiger partial charge in [-0.15, -0.1) is 0 Å². The van der Waals surface area contributed by atoms with Crippen molar-refractivity contribution in [3.8, 4) is 0 Å². The lowest BCUT2D eigenvalue weighted by atomic mass is 10.0. The molecular weight excluding hydrogens is 248 g/mol. The maximum absolute atomic E-state index is 10.5. The normalized spacial score (nSPS) is 27.1. The van der Waals surface area contributed by atoms with Crippen LogP contribution in [-0.2, 0) is 0 Å². The molecule has 0 amide bonds. The minimum absolute atomic E-state index is 0.123. The van der Waals surface area contributed by atoms with Crippen molar-refractivity contribution in [2.24, 2.45) is 0 Å². The summed E-state index contributed by atoms with van der Waals surface area (Å²) in [6, 6.07) is 0. The minimum Gasteiger partial charge on any atom is -0.345 e. The van der Waals surface area contributed by atoms with E-state index in [1.54, 1.807) is 0 Å². The predicted octanol–water partition coefficient (Wildman–Crippen LogP) is 2.74. The third kappa shape index (κ3) is 4.44. The zero-order valence-corrected chi connectivity index (χ0v) is 13.8. The molecule has 0 spiro atoms. The summed E-state index contributed by atoms with van der Waals surface area (Å²) in [5.41, 5.74) is 0. The third-order valence-corrected chi connectivity index (χ3v) is 5.86. The molecule has 3 nitrogen and oxygen atoms in total. The van der Waals surface area contributed by atoms with Crippen LogP contribution in [-0.4, -0.2) is 67.1 Å². The Hall–Kier alpha value is -0.120. The minimum atomic E-state index is -0.123. The Balaban J connectivity index is 1.64. The van der Waals surface area contributed by atoms with Crippen LogP contribution in [0.3, 0.4) is 0 Å². The van der Waals surface area contributed by atoms with E-state index < -0.39 is 0 Å². The number of aliphatic hydroxyl groups excluding tert-OH is 1. The molecule has 0 aliphatic carbocycles. The van der Waals surface area contributed by atoms with Gasteiger partial charge in [0, 0.05) is 6.42 Å². The summed E-state index contributed by atoms with van der Waals surface area (Å²) in [6.45, 7) is 6.41. The molecule has 20 heavy (non-hydrogen) atoms. The highest BCUT2D eigenvalue weighted by atomic mass is 16.3. The molecule has 0 aromatic carbocycles. The summed E-state index contributed by atoms with van der Waals surface area (Å²) in [4.78, 5) is 0. The van der Waals surface area contributed by atoms with Gasteiger partial charge in [0.05, 0.1) is 46.8 Å². The molecule has 2 rings (SSSR count). The smallest absolute Gasteiger partial charge is 0.190 e. The highest BCUT2D eigenvalue weighted by Gasteiger charge is 2.32. The van der Waals surface area contributed by atoms with Gasteiger partial charge in [-0.3, -0.25) is 0 Å². The Labute approximate surface area is 125 Å². The second kappa shape index (κ2) is 7.24. The molecule has 1 atom stereocenters. The number of quaternary nitrogens is 2. The van der Waals surface area contributed by atoms with Crippen LogP contribution in [0.2, 0.25) is 0 Å². The van der Waals surface area contributed by atoms with Gasteiger partial charge in [-0.25, -0.2) is 0 Å². The molecule has 2 fully saturated rings. The summed E-state index contributed by atoms with van der Waals surface area (Å²) < 4.78 is 2.19. The fourth-order valence-corrected chi connectivity index (χ4v) is 4.16. The molecule has 0 radical (unpaired) electrons. The number of aliphatic hydroxyl groups is 1. The Bertz CT molecular complexity index is 281. The van der Waals surface area contributed by atoms with Crippen LogP contribution < -0.4 is 0 Å². The topological polar surface area (TPSA) is 20.2 Å². The molecule has 0 aromatic heterocycles. The van der Waals surface area contributed by atoms with Gasteiger partial charge in [0.15, 0.2) is 6.23 Å². The Morgan fingerprint density at radius 1 is 0.800 bits per heavy atom. The van der Waals surface area contributed by atoms with Gasteiger partial charge in [-0.2, -0.15) is 0 Å². The average molecular weight is 284 g/mol. The first-order valence-electron chi connectivity index (χ1n) is 8.90. The summed E-state index contributed by atoms with van der Waals surface area (Å²) in [7, 11) is 4.68. The molecule has 1 unspecified atom stereocenters. The monoisotopic (exact) mass is 284 g/mol. The number of piperidine rings is 2. The van der Waals surface area contributed by atoms with Gasteiger partial charge in [-0.1, -0.05) is 0 Å². The first kappa shape index (κ1) is 16.3. The second-order valence-corrected chi connectivity index (χ2v) is 7.81. The van der Waals surface area contributed by atoms with Crippen molar-refractivity contribution in [3.63, 3.8) is 0 Å². The van der Waals surface area contributed by atoms with E-state index in [2.05, 4.69) is 14.1 Å². The summed E-state index contributed by atoms with van der Waals surface area (Å²) >= 11 is 0. The van der Waals surface area contributed by atoms with Crippen LogP contribution in [0.15, 0.2) is 0 Å². The third-order valence-electron chi connectivity index (χ3n) is 5.86. The first-order valence-corrected chi connectivity index (χ1v) is 8.90. The van der Waals surface area contributed by atoms with Crippen molar-refractivity contribution >= 4 is 0 Å². The van der Waals surface area contributed by atoms with Gasteiger partial charge in [0.25, 0.3) is 0 Å². The maximum atomic E-state index is 10.5. The van der Waals surface area contributed by atoms with E-state index in [4.69, 9.17) is 0 Å². The molecule has 3 heteroatoms. The van der Waals surface area contributed by atoms with E-state index in [1.807, 2.05) is 0 Å². The van der Waals surface area contributed by atoms with Crippen molar-refractivity contribution in [1.82, 2.24) is 0 Å². The largest absolute Gasteiger partial charge is 0.345 e. The van der Waals surface area contributed by atoms with Crippen LogP contribution in [0.5, 0.6) is 0 Å². The Kier molecular flexibility index (Phi) is 5.88. The SMILES string of the molecule is C[N+]1(CCCCC(O)[N+]2(C)CCCCC2)CCCCC1. The van der Waals surface area contributed by atoms with Gasteiger partial charge in [-0.05, 0) is 51.4 Å². The average Bonchev–Trinajstić information content (AvgIpc) is 2.45. The van der Waals surface area contributed by atoms with E-state index in [0.717, 1.165) is 10.9 Å². The van der Waals surface area contributed by atoms with Crippen molar-refractivity contribution in [2.75, 3.05) is 46.8 Å². The van der Waals surface area contributed by atoms with Gasteiger partial charge in [0.1, 0.15) is 0 Å². The van der Waals surface area contributed by atoms with Gasteiger partial charge in [0.2, 0.25) is 0 Å². The molecule has 0 aromatic rings. The van der Waals surface area contributed by atoms with Crippen LogP contribution in [0.1, 0.15) is 57.8 Å². The van der Waals surface area contributed by atoms with E-state index >= 15 is 0 Å². The summed E-state index contributed by atoms with van der Waals surface area (Å²) in [5.74, 6) is 0. The van der Waals surface area contributed by atoms with Crippen molar-refractivity contribution in [3.05, 3.63) is 0 Å². The van der Waals surface area contributed by atoms with E-state index in [0.29, 0.717) is 0 Å². The summed E-state index contributed by atoms with van der Waals surface area (Å²) in [5, 5.41) is 10.5. The van der Waals surface area contributed by atoms with E-state index in [9.17, 15) is 5.11 Å². The fraction of sp³-hybridized carbons (Fsp3) is 1.00. The molecule has 1 N–H and O–H groups in total. The van der Waals surface area contributed by atoms with Crippen molar-refractivity contribution in [2.45, 2.75) is 64.0 Å². The van der Waals surface area contributed by atoms with Crippen molar-refractivity contribution in [1.29, 1.82) is 0 Å². The Morgan fingerprint density at radius 3 is 1.95 bits per heavy atom. The number of likely N-dealkylation sites (tertiary alicyclic amines) is 2. The van der Waals surface area contributed by atoms with Crippen molar-refractivity contribution < 1.29 is 14.1 Å². The maximum Gasteiger partial charge on any atom is 0.190 e. The van der Waals surface area contributed by atoms with E-state index in [1.165, 1.54) is 88.6 Å². The zero-order valence-electron chi connectivity index (χ0n) is 13.8. The number of nitrogens with zero attached hydrogens (tertiary/aromatic N) is 2. The van der Waals surface area contributed by atoms with Gasteiger partial charge >= 0.3 is 0 Å². The molecule has 0 bridgehead atoms. The van der Waals surface area contributed by atoms with Crippen LogP contribution in [0, 0.1) is 0 Å². The first-order chi connectivity index (χ1) is 9.54. The molecule has 2 saturated heterocycles. The summed E-state index contributed by atoms with van der Waals surface area (Å²) in [6.07, 6.45) is 11.6. The number of unbranched alkanes of at least 4 members (excludes halogenated alkanes) is 1. The van der Waals surface area contributed by atoms with Crippen LogP contribution in [0.25, 0.3) is 0 Å². The lowest BCUT2D eigenvalue weighted by Gasteiger charge is -2.41. The molecule has 2 heterocycles. The quantitative estimate of drug-likeness (QED) is 0.587. The zero-order chi connectivity index (χ0) is 14.5. The molecule has 2 aliphatic heterocycles. The fourth-order valence-electron chi connectivity index (χ4n) is 4.16. The van der Waals surface area contributed by atoms with Crippen LogP contribution in [0.4, 0.5) is 0 Å². The molecule has 118 valence electrons. The standard InChI is InChI=1S/C17H36N2O/c1-18(12-6-3-7-13-18)14-10-5-11-17(20)19(2)15-8-4-9-16-19/h17,20H,3-16H2,1-2H3/q+2. The molecular formula is C17H36N2O+2.